The van der Waals surface area contributed by atoms with Gasteiger partial charge in [0.15, 0.2) is 0 Å². The van der Waals surface area contributed by atoms with Gasteiger partial charge < -0.3 is 35.2 Å². The fourth-order valence-electron chi connectivity index (χ4n) is 5.78. The van der Waals surface area contributed by atoms with Crippen molar-refractivity contribution in [1.82, 2.24) is 15.5 Å². The highest BCUT2D eigenvalue weighted by Crippen LogP contribution is 2.32. The van der Waals surface area contributed by atoms with E-state index in [0.717, 1.165) is 34.5 Å². The van der Waals surface area contributed by atoms with E-state index in [4.69, 9.17) is 9.47 Å². The van der Waals surface area contributed by atoms with Gasteiger partial charge in [-0.1, -0.05) is 78.9 Å². The number of aliphatic hydroxyl groups is 2. The smallest absolute Gasteiger partial charge is 0.407 e. The first-order valence-electron chi connectivity index (χ1n) is 16.7. The van der Waals surface area contributed by atoms with Crippen molar-refractivity contribution >= 4 is 18.1 Å². The van der Waals surface area contributed by atoms with Gasteiger partial charge in [0.1, 0.15) is 18.0 Å². The van der Waals surface area contributed by atoms with Gasteiger partial charge in [-0.05, 0) is 88.5 Å². The van der Waals surface area contributed by atoms with E-state index in [2.05, 4.69) is 10.6 Å². The molecule has 0 saturated heterocycles. The summed E-state index contributed by atoms with van der Waals surface area (Å²) in [4.78, 5) is 28.9. The van der Waals surface area contributed by atoms with Crippen LogP contribution in [0, 0.1) is 5.92 Å². The summed E-state index contributed by atoms with van der Waals surface area (Å²) in [7, 11) is 3.97. The number of ether oxygens (including phenoxy) is 2. The lowest BCUT2D eigenvalue weighted by Gasteiger charge is -2.29. The van der Waals surface area contributed by atoms with Crippen molar-refractivity contribution in [3.8, 4) is 5.75 Å². The van der Waals surface area contributed by atoms with Crippen molar-refractivity contribution < 1.29 is 29.3 Å². The summed E-state index contributed by atoms with van der Waals surface area (Å²) < 4.78 is 11.4. The Kier molecular flexibility index (Phi) is 13.2. The molecule has 9 nitrogen and oxygen atoms in total. The molecule has 0 spiro atoms. The Hall–Kier alpha value is -4.18. The highest BCUT2D eigenvalue weighted by atomic mass is 16.6. The largest absolute Gasteiger partial charge is 0.492 e. The Morgan fingerprint density at radius 2 is 1.69 bits per heavy atom. The minimum atomic E-state index is -1.09. The molecule has 48 heavy (non-hydrogen) atoms. The second-order valence-corrected chi connectivity index (χ2v) is 13.8. The SMILES string of the molecule is CN(C)CCOc1ccc(C[C@H](NC(=O)OC(C)(C)C)[C@@H](O)C[C@@H](CC=Cc2ccccc2)C(=O)N[C@H]2c3ccccc3C[C@H]2O)cc1. The third kappa shape index (κ3) is 11.5. The lowest BCUT2D eigenvalue weighted by atomic mass is 9.90. The van der Waals surface area contributed by atoms with Crippen LogP contribution >= 0.6 is 0 Å². The first kappa shape index (κ1) is 36.7. The minimum Gasteiger partial charge on any atom is -0.492 e. The predicted molar refractivity (Wildman–Crippen MR) is 189 cm³/mol. The fraction of sp³-hybridized carbons (Fsp3) is 0.436. The molecule has 258 valence electrons. The second-order valence-electron chi connectivity index (χ2n) is 13.8. The Labute approximate surface area is 285 Å². The third-order valence-corrected chi connectivity index (χ3v) is 8.28. The molecule has 5 atom stereocenters. The molecule has 0 aliphatic heterocycles. The summed E-state index contributed by atoms with van der Waals surface area (Å²) in [5, 5.41) is 28.5. The number of hydrogen-bond donors (Lipinski definition) is 4. The van der Waals surface area contributed by atoms with Crippen LogP contribution in [0.5, 0.6) is 5.75 Å². The molecule has 1 aliphatic carbocycles. The van der Waals surface area contributed by atoms with Crippen molar-refractivity contribution in [2.45, 2.75) is 76.3 Å². The Morgan fingerprint density at radius 3 is 2.38 bits per heavy atom. The number of aliphatic hydroxyl groups excluding tert-OH is 2. The molecule has 0 radical (unpaired) electrons. The van der Waals surface area contributed by atoms with Gasteiger partial charge >= 0.3 is 6.09 Å². The summed E-state index contributed by atoms with van der Waals surface area (Å²) in [6, 6.07) is 23.8. The van der Waals surface area contributed by atoms with E-state index in [1.54, 1.807) is 20.8 Å². The fourth-order valence-corrected chi connectivity index (χ4v) is 5.78. The monoisotopic (exact) mass is 657 g/mol. The molecule has 0 unspecified atom stereocenters. The number of likely N-dealkylation sites (N-methyl/N-ethyl adjacent to an activating group) is 1. The van der Waals surface area contributed by atoms with Crippen LogP contribution in [0.25, 0.3) is 6.08 Å². The highest BCUT2D eigenvalue weighted by Gasteiger charge is 2.35. The van der Waals surface area contributed by atoms with Gasteiger partial charge in [0.05, 0.1) is 24.3 Å². The third-order valence-electron chi connectivity index (χ3n) is 8.28. The van der Waals surface area contributed by atoms with Gasteiger partial charge in [-0.2, -0.15) is 0 Å². The normalized spacial score (nSPS) is 17.8. The van der Waals surface area contributed by atoms with Crippen molar-refractivity contribution in [3.63, 3.8) is 0 Å². The van der Waals surface area contributed by atoms with E-state index < -0.39 is 41.9 Å². The maximum Gasteiger partial charge on any atom is 0.407 e. The van der Waals surface area contributed by atoms with Crippen LogP contribution in [0.2, 0.25) is 0 Å². The minimum absolute atomic E-state index is 0.0711. The van der Waals surface area contributed by atoms with Crippen molar-refractivity contribution in [2.75, 3.05) is 27.2 Å². The van der Waals surface area contributed by atoms with E-state index in [0.29, 0.717) is 25.9 Å². The molecule has 3 aromatic rings. The Bertz CT molecular complexity index is 1490. The van der Waals surface area contributed by atoms with E-state index in [-0.39, 0.29) is 12.3 Å². The molecule has 2 amide bonds. The average molecular weight is 658 g/mol. The Balaban J connectivity index is 1.53. The Morgan fingerprint density at radius 1 is 1.00 bits per heavy atom. The van der Waals surface area contributed by atoms with Gasteiger partial charge in [0.25, 0.3) is 0 Å². The molecule has 0 saturated carbocycles. The van der Waals surface area contributed by atoms with Gasteiger partial charge in [-0.3, -0.25) is 4.79 Å². The van der Waals surface area contributed by atoms with Crippen LogP contribution in [-0.2, 0) is 22.4 Å². The maximum atomic E-state index is 13.9. The van der Waals surface area contributed by atoms with Crippen LogP contribution in [0.4, 0.5) is 4.79 Å². The number of nitrogens with zero attached hydrogens (tertiary/aromatic N) is 1. The summed E-state index contributed by atoms with van der Waals surface area (Å²) in [5.41, 5.74) is 3.05. The van der Waals surface area contributed by atoms with Crippen molar-refractivity contribution in [1.29, 1.82) is 0 Å². The molecular formula is C39H51N3O6. The topological polar surface area (TPSA) is 120 Å². The number of carbonyl (C=O) groups is 2. The van der Waals surface area contributed by atoms with Gasteiger partial charge in [-0.15, -0.1) is 0 Å². The quantitative estimate of drug-likeness (QED) is 0.175. The number of carbonyl (C=O) groups excluding carboxylic acids is 2. The molecule has 0 bridgehead atoms. The number of hydrogen-bond acceptors (Lipinski definition) is 7. The maximum absolute atomic E-state index is 13.9. The zero-order valence-corrected chi connectivity index (χ0v) is 28.8. The molecule has 3 aromatic carbocycles. The van der Waals surface area contributed by atoms with Crippen molar-refractivity contribution in [2.24, 2.45) is 5.92 Å². The molecule has 9 heteroatoms. The zero-order valence-electron chi connectivity index (χ0n) is 28.8. The molecular weight excluding hydrogens is 606 g/mol. The lowest BCUT2D eigenvalue weighted by molar-refractivity contribution is -0.127. The number of rotatable bonds is 15. The summed E-state index contributed by atoms with van der Waals surface area (Å²) in [6.45, 7) is 6.68. The number of fused-ring (bicyclic) bond motifs is 1. The number of amides is 2. The van der Waals surface area contributed by atoms with Gasteiger partial charge in [0, 0.05) is 18.9 Å². The van der Waals surface area contributed by atoms with Crippen LogP contribution in [0.15, 0.2) is 84.9 Å². The van der Waals surface area contributed by atoms with Crippen LogP contribution in [-0.4, -0.2) is 78.2 Å². The number of alkyl carbamates (subject to hydrolysis) is 1. The summed E-state index contributed by atoms with van der Waals surface area (Å²) in [6.07, 6.45) is 2.59. The molecule has 0 heterocycles. The molecule has 0 aromatic heterocycles. The molecule has 1 aliphatic rings. The summed E-state index contributed by atoms with van der Waals surface area (Å²) >= 11 is 0. The van der Waals surface area contributed by atoms with Crippen LogP contribution in [0.3, 0.4) is 0 Å². The molecule has 4 N–H and O–H groups in total. The number of benzene rings is 3. The highest BCUT2D eigenvalue weighted by molar-refractivity contribution is 5.80. The van der Waals surface area contributed by atoms with Gasteiger partial charge in [0.2, 0.25) is 5.91 Å². The van der Waals surface area contributed by atoms with Crippen LogP contribution < -0.4 is 15.4 Å². The molecule has 4 rings (SSSR count). The van der Waals surface area contributed by atoms with E-state index in [9.17, 15) is 19.8 Å². The first-order chi connectivity index (χ1) is 22.9. The lowest BCUT2D eigenvalue weighted by Crippen LogP contribution is -2.48. The predicted octanol–water partition coefficient (Wildman–Crippen LogP) is 5.31. The van der Waals surface area contributed by atoms with E-state index >= 15 is 0 Å². The summed E-state index contributed by atoms with van der Waals surface area (Å²) in [5.74, 6) is -0.187. The van der Waals surface area contributed by atoms with Gasteiger partial charge in [-0.25, -0.2) is 4.79 Å². The second kappa shape index (κ2) is 17.3. The van der Waals surface area contributed by atoms with Crippen LogP contribution in [0.1, 0.15) is 61.9 Å². The van der Waals surface area contributed by atoms with Crippen molar-refractivity contribution in [3.05, 3.63) is 107 Å². The zero-order chi connectivity index (χ0) is 34.7. The average Bonchev–Trinajstić information content (AvgIpc) is 3.34. The first-order valence-corrected chi connectivity index (χ1v) is 16.7. The number of allylic oxidation sites excluding steroid dienone is 1. The molecule has 0 fully saturated rings. The van der Waals surface area contributed by atoms with E-state index in [1.807, 2.05) is 110 Å². The van der Waals surface area contributed by atoms with E-state index in [1.165, 1.54) is 0 Å². The standard InChI is InChI=1S/C39H51N3O6/c1-39(2,3)48-38(46)40-33(24-28-18-20-31(21-19-28)47-23-22-42(4)5)34(43)26-30(16-11-14-27-12-7-6-8-13-27)37(45)41-36-32-17-10-9-15-29(32)25-35(36)44/h6-15,17-21,30,33-36,43-44H,16,22-26H2,1-5H3,(H,40,46)(H,41,45)/t30-,33+,34+,35-,36+/m1/s1. The number of nitrogens with one attached hydrogen (secondary N) is 2.